The first-order valence-electron chi connectivity index (χ1n) is 8.09. The van der Waals surface area contributed by atoms with Crippen molar-refractivity contribution in [2.75, 3.05) is 32.1 Å². The molecule has 0 aliphatic heterocycles. The second-order valence-corrected chi connectivity index (χ2v) is 6.19. The summed E-state index contributed by atoms with van der Waals surface area (Å²) in [6, 6.07) is 6.26. The van der Waals surface area contributed by atoms with Crippen molar-refractivity contribution in [1.82, 2.24) is 5.32 Å². The topological polar surface area (TPSA) is 50.4 Å². The molecular formula is C18H30N2O2. The summed E-state index contributed by atoms with van der Waals surface area (Å²) in [5.41, 5.74) is 3.37. The molecule has 4 heteroatoms. The highest BCUT2D eigenvalue weighted by Crippen LogP contribution is 2.32. The summed E-state index contributed by atoms with van der Waals surface area (Å²) >= 11 is 0. The number of para-hydroxylation sites is 1. The molecule has 0 aromatic heterocycles. The van der Waals surface area contributed by atoms with E-state index in [4.69, 9.17) is 4.74 Å². The molecule has 0 unspecified atom stereocenters. The van der Waals surface area contributed by atoms with Gasteiger partial charge in [0.2, 0.25) is 5.91 Å². The molecule has 4 nitrogen and oxygen atoms in total. The van der Waals surface area contributed by atoms with E-state index in [1.165, 1.54) is 11.1 Å². The van der Waals surface area contributed by atoms with Crippen molar-refractivity contribution in [3.05, 3.63) is 29.3 Å². The second kappa shape index (κ2) is 9.59. The van der Waals surface area contributed by atoms with Crippen molar-refractivity contribution in [3.63, 3.8) is 0 Å². The van der Waals surface area contributed by atoms with Crippen molar-refractivity contribution in [2.45, 2.75) is 46.0 Å². The number of nitrogens with one attached hydrogen (secondary N) is 2. The van der Waals surface area contributed by atoms with Crippen molar-refractivity contribution in [2.24, 2.45) is 0 Å². The third kappa shape index (κ3) is 5.78. The molecule has 1 amide bonds. The predicted molar refractivity (Wildman–Crippen MR) is 92.6 cm³/mol. The number of benzene rings is 1. The molecule has 0 atom stereocenters. The van der Waals surface area contributed by atoms with Gasteiger partial charge in [0.15, 0.2) is 0 Å². The van der Waals surface area contributed by atoms with E-state index < -0.39 is 0 Å². The fourth-order valence-electron chi connectivity index (χ4n) is 2.42. The van der Waals surface area contributed by atoms with Gasteiger partial charge in [-0.05, 0) is 35.9 Å². The van der Waals surface area contributed by atoms with Crippen LogP contribution in [0.4, 0.5) is 5.69 Å². The number of amides is 1. The van der Waals surface area contributed by atoms with Gasteiger partial charge in [-0.25, -0.2) is 0 Å². The fourth-order valence-corrected chi connectivity index (χ4v) is 2.42. The van der Waals surface area contributed by atoms with Crippen LogP contribution in [0.15, 0.2) is 18.2 Å². The molecule has 0 spiro atoms. The van der Waals surface area contributed by atoms with Crippen LogP contribution >= 0.6 is 0 Å². The zero-order valence-electron chi connectivity index (χ0n) is 14.5. The van der Waals surface area contributed by atoms with Crippen LogP contribution in [-0.2, 0) is 9.53 Å². The lowest BCUT2D eigenvalue weighted by Gasteiger charge is -2.20. The zero-order valence-corrected chi connectivity index (χ0v) is 14.5. The normalized spacial score (nSPS) is 11.2. The number of hydrogen-bond donors (Lipinski definition) is 2. The van der Waals surface area contributed by atoms with Crippen molar-refractivity contribution in [1.29, 1.82) is 0 Å². The molecule has 124 valence electrons. The van der Waals surface area contributed by atoms with Crippen LogP contribution in [0.3, 0.4) is 0 Å². The van der Waals surface area contributed by atoms with Gasteiger partial charge in [-0.1, -0.05) is 45.9 Å². The van der Waals surface area contributed by atoms with E-state index in [1.54, 1.807) is 7.11 Å². The van der Waals surface area contributed by atoms with Crippen LogP contribution in [0.1, 0.15) is 57.1 Å². The second-order valence-electron chi connectivity index (χ2n) is 6.19. The number of hydrogen-bond acceptors (Lipinski definition) is 3. The Morgan fingerprint density at radius 2 is 1.73 bits per heavy atom. The van der Waals surface area contributed by atoms with E-state index in [9.17, 15) is 4.79 Å². The SMILES string of the molecule is COCCCNCC(=O)Nc1c(C(C)C)cccc1C(C)C. The summed E-state index contributed by atoms with van der Waals surface area (Å²) in [5.74, 6) is 0.764. The fraction of sp³-hybridized carbons (Fsp3) is 0.611. The van der Waals surface area contributed by atoms with Gasteiger partial charge in [-0.15, -0.1) is 0 Å². The Morgan fingerprint density at radius 3 is 2.23 bits per heavy atom. The maximum atomic E-state index is 12.2. The molecule has 0 radical (unpaired) electrons. The predicted octanol–water partition coefficient (Wildman–Crippen LogP) is 3.50. The Labute approximate surface area is 134 Å². The lowest BCUT2D eigenvalue weighted by atomic mass is 9.92. The molecule has 0 aliphatic rings. The van der Waals surface area contributed by atoms with Gasteiger partial charge >= 0.3 is 0 Å². The third-order valence-electron chi connectivity index (χ3n) is 3.62. The van der Waals surface area contributed by atoms with E-state index in [2.05, 4.69) is 56.5 Å². The smallest absolute Gasteiger partial charge is 0.238 e. The van der Waals surface area contributed by atoms with Crippen molar-refractivity contribution in [3.8, 4) is 0 Å². The van der Waals surface area contributed by atoms with Crippen LogP contribution in [0, 0.1) is 0 Å². The molecular weight excluding hydrogens is 276 g/mol. The summed E-state index contributed by atoms with van der Waals surface area (Å²) in [6.07, 6.45) is 0.906. The first-order valence-corrected chi connectivity index (χ1v) is 8.09. The molecule has 0 fully saturated rings. The largest absolute Gasteiger partial charge is 0.385 e. The van der Waals surface area contributed by atoms with Gasteiger partial charge < -0.3 is 15.4 Å². The van der Waals surface area contributed by atoms with E-state index in [-0.39, 0.29) is 5.91 Å². The Kier molecular flexibility index (Phi) is 8.13. The van der Waals surface area contributed by atoms with Crippen LogP contribution < -0.4 is 10.6 Å². The first kappa shape index (κ1) is 18.7. The van der Waals surface area contributed by atoms with Crippen molar-refractivity contribution >= 4 is 11.6 Å². The van der Waals surface area contributed by atoms with Gasteiger partial charge in [0.05, 0.1) is 6.54 Å². The molecule has 1 aromatic carbocycles. The number of methoxy groups -OCH3 is 1. The summed E-state index contributed by atoms with van der Waals surface area (Å²) in [7, 11) is 1.68. The number of ether oxygens (including phenoxy) is 1. The lowest BCUT2D eigenvalue weighted by molar-refractivity contribution is -0.115. The third-order valence-corrected chi connectivity index (χ3v) is 3.62. The minimum atomic E-state index is 0.00687. The molecule has 1 aromatic rings. The maximum absolute atomic E-state index is 12.2. The summed E-state index contributed by atoms with van der Waals surface area (Å²) in [4.78, 5) is 12.2. The van der Waals surface area contributed by atoms with Crippen LogP contribution in [0.2, 0.25) is 0 Å². The van der Waals surface area contributed by atoms with E-state index in [0.29, 0.717) is 25.0 Å². The molecule has 0 saturated carbocycles. The molecule has 22 heavy (non-hydrogen) atoms. The first-order chi connectivity index (χ1) is 10.5. The van der Waals surface area contributed by atoms with Crippen LogP contribution in [0.5, 0.6) is 0 Å². The number of carbonyl (C=O) groups is 1. The standard InChI is InChI=1S/C18H30N2O2/c1-13(2)15-8-6-9-16(14(3)4)18(15)20-17(21)12-19-10-7-11-22-5/h6,8-9,13-14,19H,7,10-12H2,1-5H3,(H,20,21). The molecule has 0 aliphatic carbocycles. The highest BCUT2D eigenvalue weighted by atomic mass is 16.5. The zero-order chi connectivity index (χ0) is 16.5. The highest BCUT2D eigenvalue weighted by Gasteiger charge is 2.15. The van der Waals surface area contributed by atoms with Gasteiger partial charge in [-0.3, -0.25) is 4.79 Å². The molecule has 0 bridgehead atoms. The number of anilines is 1. The highest BCUT2D eigenvalue weighted by molar-refractivity contribution is 5.94. The van der Waals surface area contributed by atoms with Crippen molar-refractivity contribution < 1.29 is 9.53 Å². The van der Waals surface area contributed by atoms with Crippen LogP contribution in [-0.4, -0.2) is 32.7 Å². The molecule has 0 heterocycles. The summed E-state index contributed by atoms with van der Waals surface area (Å²) < 4.78 is 4.99. The van der Waals surface area contributed by atoms with Gasteiger partial charge in [0.1, 0.15) is 0 Å². The van der Waals surface area contributed by atoms with Gasteiger partial charge in [0.25, 0.3) is 0 Å². The summed E-state index contributed by atoms with van der Waals surface area (Å²) in [6.45, 7) is 10.4. The average Bonchev–Trinajstić information content (AvgIpc) is 2.46. The Morgan fingerprint density at radius 1 is 1.14 bits per heavy atom. The average molecular weight is 306 g/mol. The van der Waals surface area contributed by atoms with E-state index in [1.807, 2.05) is 0 Å². The quantitative estimate of drug-likeness (QED) is 0.687. The van der Waals surface area contributed by atoms with Crippen LogP contribution in [0.25, 0.3) is 0 Å². The number of carbonyl (C=O) groups excluding carboxylic acids is 1. The maximum Gasteiger partial charge on any atom is 0.238 e. The Hall–Kier alpha value is -1.39. The molecule has 0 saturated heterocycles. The van der Waals surface area contributed by atoms with Gasteiger partial charge in [-0.2, -0.15) is 0 Å². The molecule has 1 rings (SSSR count). The Bertz CT molecular complexity index is 444. The molecule has 2 N–H and O–H groups in total. The minimum absolute atomic E-state index is 0.00687. The monoisotopic (exact) mass is 306 g/mol. The number of rotatable bonds is 9. The van der Waals surface area contributed by atoms with Gasteiger partial charge in [0, 0.05) is 19.4 Å². The Balaban J connectivity index is 2.72. The minimum Gasteiger partial charge on any atom is -0.385 e. The van der Waals surface area contributed by atoms with E-state index >= 15 is 0 Å². The van der Waals surface area contributed by atoms with E-state index in [0.717, 1.165) is 18.7 Å². The summed E-state index contributed by atoms with van der Waals surface area (Å²) in [5, 5.41) is 6.25. The lowest BCUT2D eigenvalue weighted by Crippen LogP contribution is -2.30.